The van der Waals surface area contributed by atoms with Gasteiger partial charge in [-0.2, -0.15) is 0 Å². The fourth-order valence-corrected chi connectivity index (χ4v) is 4.06. The number of hydrogen-bond donors (Lipinski definition) is 1. The van der Waals surface area contributed by atoms with Gasteiger partial charge in [-0.15, -0.1) is 0 Å². The van der Waals surface area contributed by atoms with Crippen LogP contribution in [0.1, 0.15) is 45.4 Å². The molecule has 16 heavy (non-hydrogen) atoms. The molecule has 0 amide bonds. The minimum atomic E-state index is -0.554. The first-order valence-electron chi connectivity index (χ1n) is 6.63. The van der Waals surface area contributed by atoms with Crippen molar-refractivity contribution >= 4 is 5.97 Å². The first-order valence-corrected chi connectivity index (χ1v) is 6.63. The normalized spacial score (nSPS) is 40.6. The third-order valence-electron chi connectivity index (χ3n) is 4.85. The SMILES string of the molecule is CCCC1CC2=C(C1)CC1C(C2)C1C(=O)O. The third kappa shape index (κ3) is 1.50. The third-order valence-corrected chi connectivity index (χ3v) is 4.85. The number of carboxylic acids is 1. The summed E-state index contributed by atoms with van der Waals surface area (Å²) < 4.78 is 0. The lowest BCUT2D eigenvalue weighted by molar-refractivity contribution is -0.139. The van der Waals surface area contributed by atoms with E-state index >= 15 is 0 Å². The highest BCUT2D eigenvalue weighted by Crippen LogP contribution is 2.60. The molecule has 3 aliphatic rings. The summed E-state index contributed by atoms with van der Waals surface area (Å²) in [5.74, 6) is 1.32. The fourth-order valence-electron chi connectivity index (χ4n) is 4.06. The van der Waals surface area contributed by atoms with Gasteiger partial charge >= 0.3 is 5.97 Å². The highest BCUT2D eigenvalue weighted by Gasteiger charge is 2.57. The smallest absolute Gasteiger partial charge is 0.307 e. The fraction of sp³-hybridized carbons (Fsp3) is 0.786. The number of carbonyl (C=O) groups is 1. The quantitative estimate of drug-likeness (QED) is 0.741. The largest absolute Gasteiger partial charge is 0.481 e. The molecule has 0 aromatic rings. The maximum absolute atomic E-state index is 11.0. The molecule has 1 N–H and O–H groups in total. The van der Waals surface area contributed by atoms with Crippen LogP contribution in [-0.4, -0.2) is 11.1 Å². The molecule has 0 saturated heterocycles. The number of hydrogen-bond acceptors (Lipinski definition) is 1. The second-order valence-corrected chi connectivity index (χ2v) is 5.87. The highest BCUT2D eigenvalue weighted by atomic mass is 16.4. The summed E-state index contributed by atoms with van der Waals surface area (Å²) >= 11 is 0. The zero-order valence-corrected chi connectivity index (χ0v) is 9.91. The maximum atomic E-state index is 11.0. The molecule has 0 bridgehead atoms. The van der Waals surface area contributed by atoms with Gasteiger partial charge in [-0.3, -0.25) is 4.79 Å². The summed E-state index contributed by atoms with van der Waals surface area (Å²) in [6.45, 7) is 2.26. The van der Waals surface area contributed by atoms with Gasteiger partial charge in [-0.05, 0) is 43.4 Å². The molecule has 2 nitrogen and oxygen atoms in total. The predicted molar refractivity (Wildman–Crippen MR) is 62.0 cm³/mol. The lowest BCUT2D eigenvalue weighted by atomic mass is 9.94. The molecular weight excluding hydrogens is 200 g/mol. The van der Waals surface area contributed by atoms with E-state index in [-0.39, 0.29) is 5.92 Å². The van der Waals surface area contributed by atoms with Crippen LogP contribution in [0.4, 0.5) is 0 Å². The minimum absolute atomic E-state index is 0.00442. The Morgan fingerprint density at radius 3 is 2.19 bits per heavy atom. The van der Waals surface area contributed by atoms with Crippen LogP contribution in [0.25, 0.3) is 0 Å². The summed E-state index contributed by atoms with van der Waals surface area (Å²) in [5, 5.41) is 9.07. The van der Waals surface area contributed by atoms with Gasteiger partial charge in [0.15, 0.2) is 0 Å². The average molecular weight is 220 g/mol. The lowest BCUT2D eigenvalue weighted by Gasteiger charge is -2.11. The van der Waals surface area contributed by atoms with Gasteiger partial charge in [0.2, 0.25) is 0 Å². The molecule has 0 aliphatic heterocycles. The van der Waals surface area contributed by atoms with E-state index in [1.165, 1.54) is 25.7 Å². The number of aliphatic carboxylic acids is 1. The van der Waals surface area contributed by atoms with Gasteiger partial charge in [-0.25, -0.2) is 0 Å². The minimum Gasteiger partial charge on any atom is -0.481 e. The van der Waals surface area contributed by atoms with Gasteiger partial charge in [0.05, 0.1) is 5.92 Å². The second-order valence-electron chi connectivity index (χ2n) is 5.87. The summed E-state index contributed by atoms with van der Waals surface area (Å²) in [7, 11) is 0. The van der Waals surface area contributed by atoms with E-state index in [0.29, 0.717) is 11.8 Å². The summed E-state index contributed by atoms with van der Waals surface area (Å²) in [4.78, 5) is 11.0. The van der Waals surface area contributed by atoms with Crippen molar-refractivity contribution in [3.05, 3.63) is 11.1 Å². The Bertz CT molecular complexity index is 332. The molecule has 0 heterocycles. The Balaban J connectivity index is 1.64. The van der Waals surface area contributed by atoms with Gasteiger partial charge in [0.25, 0.3) is 0 Å². The number of fused-ring (bicyclic) bond motifs is 1. The predicted octanol–water partition coefficient (Wildman–Crippen LogP) is 3.23. The zero-order valence-electron chi connectivity index (χ0n) is 9.91. The summed E-state index contributed by atoms with van der Waals surface area (Å²) in [6.07, 6.45) is 7.41. The van der Waals surface area contributed by atoms with E-state index in [0.717, 1.165) is 18.8 Å². The van der Waals surface area contributed by atoms with Crippen LogP contribution < -0.4 is 0 Å². The van der Waals surface area contributed by atoms with Crippen molar-refractivity contribution in [1.82, 2.24) is 0 Å². The van der Waals surface area contributed by atoms with E-state index in [9.17, 15) is 4.79 Å². The van der Waals surface area contributed by atoms with Gasteiger partial charge in [-0.1, -0.05) is 30.9 Å². The maximum Gasteiger partial charge on any atom is 0.307 e. The van der Waals surface area contributed by atoms with Crippen LogP contribution in [0.2, 0.25) is 0 Å². The van der Waals surface area contributed by atoms with Crippen molar-refractivity contribution in [2.45, 2.75) is 45.4 Å². The van der Waals surface area contributed by atoms with E-state index in [1.807, 2.05) is 0 Å². The van der Waals surface area contributed by atoms with Crippen molar-refractivity contribution in [3.63, 3.8) is 0 Å². The first-order chi connectivity index (χ1) is 7.70. The van der Waals surface area contributed by atoms with Gasteiger partial charge in [0, 0.05) is 0 Å². The van der Waals surface area contributed by atoms with Crippen molar-refractivity contribution in [1.29, 1.82) is 0 Å². The van der Waals surface area contributed by atoms with Crippen LogP contribution in [0, 0.1) is 23.7 Å². The molecule has 0 spiro atoms. The molecule has 2 atom stereocenters. The Hall–Kier alpha value is -0.790. The lowest BCUT2D eigenvalue weighted by Crippen LogP contribution is -2.01. The Morgan fingerprint density at radius 1 is 1.19 bits per heavy atom. The van der Waals surface area contributed by atoms with Crippen LogP contribution in [0.15, 0.2) is 11.1 Å². The van der Waals surface area contributed by atoms with Crippen LogP contribution in [-0.2, 0) is 4.79 Å². The number of allylic oxidation sites excluding steroid dienone is 2. The van der Waals surface area contributed by atoms with Crippen molar-refractivity contribution in [3.8, 4) is 0 Å². The van der Waals surface area contributed by atoms with Gasteiger partial charge in [0.1, 0.15) is 0 Å². The molecule has 1 saturated carbocycles. The topological polar surface area (TPSA) is 37.3 Å². The standard InChI is InChI=1S/C14H20O2/c1-2-3-8-4-9-6-11-12(7-10(9)5-8)13(11)14(15)16/h8,11-13H,2-7H2,1H3,(H,15,16). The highest BCUT2D eigenvalue weighted by molar-refractivity contribution is 5.74. The second kappa shape index (κ2) is 3.61. The number of rotatable bonds is 3. The van der Waals surface area contributed by atoms with E-state index in [2.05, 4.69) is 6.92 Å². The van der Waals surface area contributed by atoms with Crippen molar-refractivity contribution in [2.24, 2.45) is 23.7 Å². The van der Waals surface area contributed by atoms with Crippen molar-refractivity contribution < 1.29 is 9.90 Å². The van der Waals surface area contributed by atoms with Crippen molar-refractivity contribution in [2.75, 3.05) is 0 Å². The average Bonchev–Trinajstić information content (AvgIpc) is 2.77. The molecule has 1 fully saturated rings. The molecule has 0 aromatic heterocycles. The molecule has 0 aromatic carbocycles. The Morgan fingerprint density at radius 2 is 1.75 bits per heavy atom. The molecule has 88 valence electrons. The monoisotopic (exact) mass is 220 g/mol. The number of carboxylic acid groups (broad SMARTS) is 1. The Kier molecular flexibility index (Phi) is 2.34. The Labute approximate surface area is 96.7 Å². The van der Waals surface area contributed by atoms with Crippen LogP contribution in [0.5, 0.6) is 0 Å². The molecule has 2 heteroatoms. The molecular formula is C14H20O2. The van der Waals surface area contributed by atoms with Crippen LogP contribution in [0.3, 0.4) is 0 Å². The molecule has 3 aliphatic carbocycles. The first kappa shape index (κ1) is 10.4. The van der Waals surface area contributed by atoms with Gasteiger partial charge < -0.3 is 5.11 Å². The molecule has 0 radical (unpaired) electrons. The van der Waals surface area contributed by atoms with E-state index in [1.54, 1.807) is 11.1 Å². The zero-order chi connectivity index (χ0) is 11.3. The van der Waals surface area contributed by atoms with E-state index < -0.39 is 5.97 Å². The van der Waals surface area contributed by atoms with Crippen LogP contribution >= 0.6 is 0 Å². The summed E-state index contributed by atoms with van der Waals surface area (Å²) in [5.41, 5.74) is 3.28. The van der Waals surface area contributed by atoms with E-state index in [4.69, 9.17) is 5.11 Å². The molecule has 3 rings (SSSR count). The summed E-state index contributed by atoms with van der Waals surface area (Å²) in [6, 6.07) is 0. The molecule has 2 unspecified atom stereocenters.